The average Bonchev–Trinajstić information content (AvgIpc) is 2.79. The van der Waals surface area contributed by atoms with Gasteiger partial charge >= 0.3 is 0 Å². The number of benzene rings is 1. The summed E-state index contributed by atoms with van der Waals surface area (Å²) in [6.07, 6.45) is 1.02. The summed E-state index contributed by atoms with van der Waals surface area (Å²) in [6.45, 7) is 7.61. The maximum atomic E-state index is 12.5. The van der Waals surface area contributed by atoms with Crippen molar-refractivity contribution in [2.24, 2.45) is 0 Å². The third-order valence-corrected chi connectivity index (χ3v) is 4.39. The van der Waals surface area contributed by atoms with Gasteiger partial charge < -0.3 is 14.5 Å². The Morgan fingerprint density at radius 2 is 2.00 bits per heavy atom. The molecule has 2 rings (SSSR count). The van der Waals surface area contributed by atoms with Crippen LogP contribution < -0.4 is 4.90 Å². The molecule has 0 spiro atoms. The summed E-state index contributed by atoms with van der Waals surface area (Å²) in [7, 11) is 3.65. The van der Waals surface area contributed by atoms with Gasteiger partial charge in [-0.1, -0.05) is 18.2 Å². The molecule has 1 aromatic rings. The van der Waals surface area contributed by atoms with Crippen molar-refractivity contribution in [1.82, 2.24) is 9.80 Å². The lowest BCUT2D eigenvalue weighted by atomic mass is 10.2. The molecule has 1 fully saturated rings. The first-order valence-corrected chi connectivity index (χ1v) is 8.37. The van der Waals surface area contributed by atoms with Crippen molar-refractivity contribution in [2.45, 2.75) is 13.3 Å². The van der Waals surface area contributed by atoms with Gasteiger partial charge in [0.05, 0.1) is 13.2 Å². The van der Waals surface area contributed by atoms with Crippen molar-refractivity contribution in [3.8, 4) is 0 Å². The second-order valence-electron chi connectivity index (χ2n) is 6.24. The molecule has 0 radical (unpaired) electrons. The van der Waals surface area contributed by atoms with Gasteiger partial charge in [-0.3, -0.25) is 9.69 Å². The monoisotopic (exact) mass is 319 g/mol. The van der Waals surface area contributed by atoms with Gasteiger partial charge in [-0.15, -0.1) is 0 Å². The summed E-state index contributed by atoms with van der Waals surface area (Å²) >= 11 is 0. The zero-order chi connectivity index (χ0) is 16.7. The number of likely N-dealkylation sites (N-methyl/N-ethyl adjacent to an activating group) is 1. The van der Waals surface area contributed by atoms with Gasteiger partial charge in [-0.25, -0.2) is 0 Å². The van der Waals surface area contributed by atoms with Crippen LogP contribution in [0.25, 0.3) is 0 Å². The minimum absolute atomic E-state index is 0.218. The highest BCUT2D eigenvalue weighted by molar-refractivity contribution is 5.78. The zero-order valence-electron chi connectivity index (χ0n) is 14.6. The second kappa shape index (κ2) is 8.89. The average molecular weight is 319 g/mol. The van der Waals surface area contributed by atoms with Gasteiger partial charge in [0.15, 0.2) is 0 Å². The third-order valence-electron chi connectivity index (χ3n) is 4.39. The van der Waals surface area contributed by atoms with Gasteiger partial charge in [0.1, 0.15) is 0 Å². The molecule has 1 aliphatic rings. The molecule has 128 valence electrons. The van der Waals surface area contributed by atoms with Gasteiger partial charge in [-0.05, 0) is 32.0 Å². The first-order chi connectivity index (χ1) is 11.1. The number of anilines is 1. The minimum Gasteiger partial charge on any atom is -0.383 e. The van der Waals surface area contributed by atoms with Crippen LogP contribution in [0.2, 0.25) is 0 Å². The topological polar surface area (TPSA) is 36.0 Å². The second-order valence-corrected chi connectivity index (χ2v) is 6.24. The first-order valence-electron chi connectivity index (χ1n) is 8.37. The zero-order valence-corrected chi connectivity index (χ0v) is 14.6. The predicted octanol–water partition coefficient (Wildman–Crippen LogP) is 1.61. The van der Waals surface area contributed by atoms with Crippen molar-refractivity contribution in [1.29, 1.82) is 0 Å². The van der Waals surface area contributed by atoms with Crippen LogP contribution in [0, 0.1) is 6.92 Å². The maximum absolute atomic E-state index is 12.5. The highest BCUT2D eigenvalue weighted by atomic mass is 16.5. The quantitative estimate of drug-likeness (QED) is 0.798. The normalized spacial score (nSPS) is 15.8. The fourth-order valence-electron chi connectivity index (χ4n) is 2.98. The van der Waals surface area contributed by atoms with E-state index < -0.39 is 0 Å². The molecular formula is C18H29N3O2. The molecule has 0 unspecified atom stereocenters. The molecular weight excluding hydrogens is 290 g/mol. The van der Waals surface area contributed by atoms with E-state index in [1.807, 2.05) is 16.8 Å². The molecule has 0 bridgehead atoms. The van der Waals surface area contributed by atoms with E-state index >= 15 is 0 Å². The lowest BCUT2D eigenvalue weighted by molar-refractivity contribution is -0.132. The fourth-order valence-corrected chi connectivity index (χ4v) is 2.98. The first kappa shape index (κ1) is 17.8. The molecule has 1 aromatic carbocycles. The Bertz CT molecular complexity index is 507. The van der Waals surface area contributed by atoms with Crippen molar-refractivity contribution in [2.75, 3.05) is 64.9 Å². The lowest BCUT2D eigenvalue weighted by Gasteiger charge is -2.26. The number of hydrogen-bond donors (Lipinski definition) is 0. The van der Waals surface area contributed by atoms with E-state index in [1.165, 1.54) is 11.3 Å². The van der Waals surface area contributed by atoms with Crippen LogP contribution in [-0.2, 0) is 9.53 Å². The Morgan fingerprint density at radius 3 is 2.74 bits per heavy atom. The molecule has 0 saturated carbocycles. The van der Waals surface area contributed by atoms with Gasteiger partial charge in [0.25, 0.3) is 0 Å². The highest BCUT2D eigenvalue weighted by Crippen LogP contribution is 2.20. The number of carbonyl (C=O) groups is 1. The van der Waals surface area contributed by atoms with E-state index in [2.05, 4.69) is 36.1 Å². The SMILES string of the molecule is COCCN(C)CC(=O)N1CCCN(c2ccccc2C)CC1. The molecule has 23 heavy (non-hydrogen) atoms. The van der Waals surface area contributed by atoms with Crippen LogP contribution in [0.1, 0.15) is 12.0 Å². The number of ether oxygens (including phenoxy) is 1. The molecule has 5 heteroatoms. The van der Waals surface area contributed by atoms with E-state index in [4.69, 9.17) is 4.74 Å². The third kappa shape index (κ3) is 5.22. The van der Waals surface area contributed by atoms with E-state index in [9.17, 15) is 4.79 Å². The molecule has 1 amide bonds. The van der Waals surface area contributed by atoms with Crippen molar-refractivity contribution in [3.63, 3.8) is 0 Å². The smallest absolute Gasteiger partial charge is 0.236 e. The van der Waals surface area contributed by atoms with E-state index in [-0.39, 0.29) is 5.91 Å². The number of rotatable bonds is 6. The van der Waals surface area contributed by atoms with Gasteiger partial charge in [0, 0.05) is 45.5 Å². The van der Waals surface area contributed by atoms with E-state index in [0.717, 1.165) is 39.1 Å². The van der Waals surface area contributed by atoms with Crippen molar-refractivity contribution < 1.29 is 9.53 Å². The van der Waals surface area contributed by atoms with Crippen LogP contribution in [0.5, 0.6) is 0 Å². The number of aryl methyl sites for hydroxylation is 1. The summed E-state index contributed by atoms with van der Waals surface area (Å²) in [5.74, 6) is 0.218. The van der Waals surface area contributed by atoms with Crippen LogP contribution >= 0.6 is 0 Å². The summed E-state index contributed by atoms with van der Waals surface area (Å²) in [4.78, 5) is 18.9. The number of hydrogen-bond acceptors (Lipinski definition) is 4. The predicted molar refractivity (Wildman–Crippen MR) is 94.0 cm³/mol. The van der Waals surface area contributed by atoms with Crippen LogP contribution in [-0.4, -0.2) is 75.7 Å². The van der Waals surface area contributed by atoms with Crippen LogP contribution in [0.15, 0.2) is 24.3 Å². The Balaban J connectivity index is 1.88. The minimum atomic E-state index is 0.218. The van der Waals surface area contributed by atoms with Crippen molar-refractivity contribution >= 4 is 11.6 Å². The number of para-hydroxylation sites is 1. The van der Waals surface area contributed by atoms with E-state index in [0.29, 0.717) is 13.2 Å². The van der Waals surface area contributed by atoms with E-state index in [1.54, 1.807) is 7.11 Å². The standard InChI is InChI=1S/C18H29N3O2/c1-16-7-4-5-8-17(16)20-9-6-10-21(12-11-20)18(22)15-19(2)13-14-23-3/h4-5,7-8H,6,9-15H2,1-3H3. The Kier molecular flexibility index (Phi) is 6.86. The number of carbonyl (C=O) groups excluding carboxylic acids is 1. The highest BCUT2D eigenvalue weighted by Gasteiger charge is 2.20. The molecule has 0 aliphatic carbocycles. The number of amides is 1. The van der Waals surface area contributed by atoms with Crippen LogP contribution in [0.4, 0.5) is 5.69 Å². The fraction of sp³-hybridized carbons (Fsp3) is 0.611. The summed E-state index contributed by atoms with van der Waals surface area (Å²) in [5.41, 5.74) is 2.59. The van der Waals surface area contributed by atoms with Gasteiger partial charge in [-0.2, -0.15) is 0 Å². The Hall–Kier alpha value is -1.59. The van der Waals surface area contributed by atoms with Crippen molar-refractivity contribution in [3.05, 3.63) is 29.8 Å². The lowest BCUT2D eigenvalue weighted by Crippen LogP contribution is -2.41. The summed E-state index contributed by atoms with van der Waals surface area (Å²) in [5, 5.41) is 0. The molecule has 1 aliphatic heterocycles. The number of methoxy groups -OCH3 is 1. The molecule has 1 heterocycles. The molecule has 0 aromatic heterocycles. The van der Waals surface area contributed by atoms with Gasteiger partial charge in [0.2, 0.25) is 5.91 Å². The maximum Gasteiger partial charge on any atom is 0.236 e. The molecule has 5 nitrogen and oxygen atoms in total. The summed E-state index contributed by atoms with van der Waals surface area (Å²) < 4.78 is 5.06. The Morgan fingerprint density at radius 1 is 1.22 bits per heavy atom. The van der Waals surface area contributed by atoms with Crippen LogP contribution in [0.3, 0.4) is 0 Å². The molecule has 0 atom stereocenters. The summed E-state index contributed by atoms with van der Waals surface area (Å²) in [6, 6.07) is 8.47. The Labute approximate surface area is 139 Å². The molecule has 0 N–H and O–H groups in total. The largest absolute Gasteiger partial charge is 0.383 e. The number of nitrogens with zero attached hydrogens (tertiary/aromatic N) is 3. The molecule has 1 saturated heterocycles.